The smallest absolute Gasteiger partial charge is 0.416 e. The minimum Gasteiger partial charge on any atom is -0.493 e. The summed E-state index contributed by atoms with van der Waals surface area (Å²) in [6.07, 6.45) is -4.64. The standard InChI is InChI=1S/C28H22F3NO6/c1-14-8-9-19-18(10-14)24(33)22-23(15-11-20(35-2)25(37-4)21(12-15)36-3)32(27(34)26(22)38-19)17-7-5-6-16(13-17)28(29,30)31/h5-13,23H,1-4H3. The molecule has 196 valence electrons. The number of hydrogen-bond donors (Lipinski definition) is 0. The maximum atomic E-state index is 13.8. The molecule has 0 radical (unpaired) electrons. The second kappa shape index (κ2) is 9.13. The van der Waals surface area contributed by atoms with Gasteiger partial charge < -0.3 is 18.6 Å². The summed E-state index contributed by atoms with van der Waals surface area (Å²) in [6, 6.07) is 11.3. The summed E-state index contributed by atoms with van der Waals surface area (Å²) in [6.45, 7) is 1.81. The van der Waals surface area contributed by atoms with Crippen molar-refractivity contribution in [3.63, 3.8) is 0 Å². The van der Waals surface area contributed by atoms with E-state index in [1.165, 1.54) is 33.5 Å². The number of carbonyl (C=O) groups excluding carboxylic acids is 1. The summed E-state index contributed by atoms with van der Waals surface area (Å²) in [7, 11) is 4.24. The second-order valence-corrected chi connectivity index (χ2v) is 8.76. The first kappa shape index (κ1) is 25.2. The zero-order chi connectivity index (χ0) is 27.4. The number of aryl methyl sites for hydroxylation is 1. The first-order valence-corrected chi connectivity index (χ1v) is 11.5. The van der Waals surface area contributed by atoms with E-state index in [0.29, 0.717) is 5.56 Å². The van der Waals surface area contributed by atoms with Gasteiger partial charge in [-0.05, 0) is 55.0 Å². The average molecular weight is 525 g/mol. The number of methoxy groups -OCH3 is 3. The van der Waals surface area contributed by atoms with Crippen LogP contribution in [-0.2, 0) is 6.18 Å². The molecular weight excluding hydrogens is 503 g/mol. The fourth-order valence-electron chi connectivity index (χ4n) is 4.76. The molecule has 0 saturated carbocycles. The van der Waals surface area contributed by atoms with Crippen LogP contribution in [0.1, 0.15) is 38.9 Å². The number of alkyl halides is 3. The van der Waals surface area contributed by atoms with E-state index in [9.17, 15) is 22.8 Å². The highest BCUT2D eigenvalue weighted by molar-refractivity contribution is 6.10. The number of amides is 1. The molecular formula is C28H22F3NO6. The van der Waals surface area contributed by atoms with Gasteiger partial charge in [0.25, 0.3) is 5.91 Å². The lowest BCUT2D eigenvalue weighted by atomic mass is 9.97. The Balaban J connectivity index is 1.84. The van der Waals surface area contributed by atoms with E-state index in [1.807, 2.05) is 6.92 Å². The summed E-state index contributed by atoms with van der Waals surface area (Å²) >= 11 is 0. The topological polar surface area (TPSA) is 78.2 Å². The quantitative estimate of drug-likeness (QED) is 0.323. The van der Waals surface area contributed by atoms with Gasteiger partial charge in [-0.25, -0.2) is 0 Å². The van der Waals surface area contributed by atoms with E-state index in [-0.39, 0.29) is 45.2 Å². The highest BCUT2D eigenvalue weighted by atomic mass is 19.4. The molecule has 4 aromatic rings. The molecule has 38 heavy (non-hydrogen) atoms. The molecule has 0 spiro atoms. The summed E-state index contributed by atoms with van der Waals surface area (Å²) < 4.78 is 63.0. The van der Waals surface area contributed by atoms with Gasteiger partial charge in [0.15, 0.2) is 16.9 Å². The van der Waals surface area contributed by atoms with Gasteiger partial charge >= 0.3 is 6.18 Å². The van der Waals surface area contributed by atoms with Crippen molar-refractivity contribution >= 4 is 22.6 Å². The van der Waals surface area contributed by atoms with Gasteiger partial charge in [-0.2, -0.15) is 13.2 Å². The molecule has 1 aliphatic rings. The van der Waals surface area contributed by atoms with Crippen LogP contribution in [0.25, 0.3) is 11.0 Å². The number of rotatable bonds is 5. The van der Waals surface area contributed by atoms with Gasteiger partial charge in [0, 0.05) is 5.69 Å². The number of nitrogens with zero attached hydrogens (tertiary/aromatic N) is 1. The lowest BCUT2D eigenvalue weighted by Crippen LogP contribution is -2.29. The molecule has 1 atom stereocenters. The average Bonchev–Trinajstić information content (AvgIpc) is 3.20. The molecule has 2 heterocycles. The zero-order valence-electron chi connectivity index (χ0n) is 20.8. The van der Waals surface area contributed by atoms with Crippen molar-refractivity contribution in [1.82, 2.24) is 0 Å². The Morgan fingerprint density at radius 2 is 1.58 bits per heavy atom. The minimum atomic E-state index is -4.64. The van der Waals surface area contributed by atoms with Crippen LogP contribution in [0.3, 0.4) is 0 Å². The molecule has 3 aromatic carbocycles. The van der Waals surface area contributed by atoms with Crippen molar-refractivity contribution in [3.05, 3.63) is 92.8 Å². The monoisotopic (exact) mass is 525 g/mol. The summed E-state index contributed by atoms with van der Waals surface area (Å²) in [5, 5.41) is 0.250. The number of carbonyl (C=O) groups is 1. The summed E-state index contributed by atoms with van der Waals surface area (Å²) in [5.74, 6) is -0.240. The number of halogens is 3. The van der Waals surface area contributed by atoms with Gasteiger partial charge in [0.2, 0.25) is 11.5 Å². The molecule has 1 unspecified atom stereocenters. The number of hydrogen-bond acceptors (Lipinski definition) is 6. The van der Waals surface area contributed by atoms with E-state index in [1.54, 1.807) is 30.3 Å². The van der Waals surface area contributed by atoms with Gasteiger partial charge in [-0.15, -0.1) is 0 Å². The number of ether oxygens (including phenoxy) is 3. The minimum absolute atomic E-state index is 0.000199. The lowest BCUT2D eigenvalue weighted by Gasteiger charge is -2.27. The Labute approximate surface area is 215 Å². The first-order chi connectivity index (χ1) is 18.1. The third-order valence-electron chi connectivity index (χ3n) is 6.48. The molecule has 7 nitrogen and oxygen atoms in total. The van der Waals surface area contributed by atoms with Crippen molar-refractivity contribution in [1.29, 1.82) is 0 Å². The summed E-state index contributed by atoms with van der Waals surface area (Å²) in [5.41, 5.74) is -0.123. The number of fused-ring (bicyclic) bond motifs is 2. The molecule has 1 aromatic heterocycles. The molecule has 0 saturated heterocycles. The second-order valence-electron chi connectivity index (χ2n) is 8.76. The maximum absolute atomic E-state index is 13.8. The van der Waals surface area contributed by atoms with Crippen molar-refractivity contribution in [3.8, 4) is 17.2 Å². The van der Waals surface area contributed by atoms with E-state index in [0.717, 1.165) is 22.6 Å². The van der Waals surface area contributed by atoms with Gasteiger partial charge in [-0.1, -0.05) is 17.7 Å². The SMILES string of the molecule is COc1cc(C2c3c(oc4ccc(C)cc4c3=O)C(=O)N2c2cccc(C(F)(F)F)c2)cc(OC)c1OC. The van der Waals surface area contributed by atoms with Crippen molar-refractivity contribution in [2.75, 3.05) is 26.2 Å². The first-order valence-electron chi connectivity index (χ1n) is 11.5. The molecule has 1 amide bonds. The van der Waals surface area contributed by atoms with Crippen molar-refractivity contribution in [2.24, 2.45) is 0 Å². The van der Waals surface area contributed by atoms with Gasteiger partial charge in [-0.3, -0.25) is 14.5 Å². The Kier molecular flexibility index (Phi) is 6.05. The molecule has 5 rings (SSSR count). The fraction of sp³-hybridized carbons (Fsp3) is 0.214. The zero-order valence-corrected chi connectivity index (χ0v) is 20.8. The lowest BCUT2D eigenvalue weighted by molar-refractivity contribution is -0.137. The molecule has 0 fully saturated rings. The van der Waals surface area contributed by atoms with Crippen LogP contribution in [0.5, 0.6) is 17.2 Å². The predicted octanol–water partition coefficient (Wildman–Crippen LogP) is 5.90. The van der Waals surface area contributed by atoms with Crippen LogP contribution in [-0.4, -0.2) is 27.2 Å². The van der Waals surface area contributed by atoms with Crippen LogP contribution >= 0.6 is 0 Å². The molecule has 0 N–H and O–H groups in total. The molecule has 1 aliphatic heterocycles. The van der Waals surface area contributed by atoms with Crippen LogP contribution in [0.2, 0.25) is 0 Å². The van der Waals surface area contributed by atoms with Crippen LogP contribution in [0.4, 0.5) is 18.9 Å². The Hall–Kier alpha value is -4.47. The third-order valence-corrected chi connectivity index (χ3v) is 6.48. The third kappa shape index (κ3) is 3.93. The van der Waals surface area contributed by atoms with E-state index >= 15 is 0 Å². The molecule has 0 bridgehead atoms. The van der Waals surface area contributed by atoms with Gasteiger partial charge in [0.05, 0.1) is 43.9 Å². The Morgan fingerprint density at radius 1 is 0.895 bits per heavy atom. The fourth-order valence-corrected chi connectivity index (χ4v) is 4.76. The Morgan fingerprint density at radius 3 is 2.18 bits per heavy atom. The van der Waals surface area contributed by atoms with Crippen molar-refractivity contribution < 1.29 is 36.6 Å². The van der Waals surface area contributed by atoms with Crippen LogP contribution in [0, 0.1) is 6.92 Å². The van der Waals surface area contributed by atoms with E-state index in [2.05, 4.69) is 0 Å². The van der Waals surface area contributed by atoms with Crippen LogP contribution < -0.4 is 24.5 Å². The van der Waals surface area contributed by atoms with E-state index < -0.39 is 29.1 Å². The Bertz CT molecular complexity index is 1620. The van der Waals surface area contributed by atoms with Crippen molar-refractivity contribution in [2.45, 2.75) is 19.1 Å². The predicted molar refractivity (Wildman–Crippen MR) is 133 cm³/mol. The molecule has 0 aliphatic carbocycles. The molecule has 10 heteroatoms. The number of anilines is 1. The highest BCUT2D eigenvalue weighted by Crippen LogP contribution is 2.47. The largest absolute Gasteiger partial charge is 0.493 e. The van der Waals surface area contributed by atoms with E-state index in [4.69, 9.17) is 18.6 Å². The number of benzene rings is 3. The maximum Gasteiger partial charge on any atom is 0.416 e. The highest BCUT2D eigenvalue weighted by Gasteiger charge is 2.45. The summed E-state index contributed by atoms with van der Waals surface area (Å²) in [4.78, 5) is 28.7. The van der Waals surface area contributed by atoms with Gasteiger partial charge in [0.1, 0.15) is 5.58 Å². The normalized spacial score (nSPS) is 15.1. The van der Waals surface area contributed by atoms with Crippen LogP contribution in [0.15, 0.2) is 63.8 Å².